The van der Waals surface area contributed by atoms with Crippen LogP contribution in [0, 0.1) is 5.82 Å². The molecule has 106 valence electrons. The van der Waals surface area contributed by atoms with Gasteiger partial charge in [-0.2, -0.15) is 5.10 Å². The number of nitrogens with one attached hydrogen (secondary N) is 1. The summed E-state index contributed by atoms with van der Waals surface area (Å²) in [4.78, 5) is 2.51. The highest BCUT2D eigenvalue weighted by Crippen LogP contribution is 2.41. The summed E-state index contributed by atoms with van der Waals surface area (Å²) in [5.74, 6) is 0.0552. The van der Waals surface area contributed by atoms with Crippen molar-refractivity contribution in [1.29, 1.82) is 0 Å². The number of anilines is 1. The fourth-order valence-corrected chi connectivity index (χ4v) is 4.18. The molecular weight excluding hydrogens is 285 g/mol. The summed E-state index contributed by atoms with van der Waals surface area (Å²) in [6, 6.07) is 8.85. The molecule has 0 spiro atoms. The summed E-state index contributed by atoms with van der Waals surface area (Å²) < 4.78 is 14.1. The molecule has 0 saturated carbocycles. The average Bonchev–Trinajstić information content (AvgIpc) is 3.13. The van der Waals surface area contributed by atoms with E-state index in [9.17, 15) is 4.39 Å². The smallest absolute Gasteiger partial charge is 0.153 e. The molecule has 21 heavy (non-hydrogen) atoms. The minimum atomic E-state index is -0.282. The van der Waals surface area contributed by atoms with E-state index >= 15 is 0 Å². The number of hydrogen-bond acceptors (Lipinski definition) is 3. The first-order valence-corrected chi connectivity index (χ1v) is 7.76. The van der Waals surface area contributed by atoms with Crippen molar-refractivity contribution in [3.8, 4) is 21.7 Å². The van der Waals surface area contributed by atoms with Gasteiger partial charge in [-0.05, 0) is 37.0 Å². The van der Waals surface area contributed by atoms with Crippen molar-refractivity contribution in [1.82, 2.24) is 10.2 Å². The van der Waals surface area contributed by atoms with Crippen molar-refractivity contribution in [2.45, 2.75) is 19.3 Å². The normalized spacial score (nSPS) is 13.6. The van der Waals surface area contributed by atoms with Crippen molar-refractivity contribution in [2.75, 3.05) is 5.73 Å². The molecule has 0 aliphatic heterocycles. The van der Waals surface area contributed by atoms with E-state index in [-0.39, 0.29) is 5.82 Å². The Balaban J connectivity index is 1.89. The van der Waals surface area contributed by atoms with Crippen molar-refractivity contribution in [2.24, 2.45) is 0 Å². The molecule has 3 aromatic rings. The number of benzene rings is 1. The van der Waals surface area contributed by atoms with Gasteiger partial charge in [0.25, 0.3) is 0 Å². The molecule has 0 radical (unpaired) electrons. The maximum absolute atomic E-state index is 14.1. The summed E-state index contributed by atoms with van der Waals surface area (Å²) in [6.45, 7) is 0. The maximum Gasteiger partial charge on any atom is 0.153 e. The molecule has 2 aromatic heterocycles. The van der Waals surface area contributed by atoms with E-state index in [1.807, 2.05) is 6.07 Å². The number of thiophene rings is 1. The van der Waals surface area contributed by atoms with Gasteiger partial charge in [-0.1, -0.05) is 18.2 Å². The molecule has 0 unspecified atom stereocenters. The van der Waals surface area contributed by atoms with Crippen LogP contribution in [0.15, 0.2) is 30.3 Å². The number of halogens is 1. The third-order valence-electron chi connectivity index (χ3n) is 3.93. The lowest BCUT2D eigenvalue weighted by molar-refractivity contribution is 0.631. The van der Waals surface area contributed by atoms with Crippen LogP contribution in [0.25, 0.3) is 21.7 Å². The van der Waals surface area contributed by atoms with Crippen LogP contribution < -0.4 is 5.73 Å². The first-order chi connectivity index (χ1) is 10.2. The van der Waals surface area contributed by atoms with Gasteiger partial charge < -0.3 is 5.73 Å². The Hall–Kier alpha value is -2.14. The van der Waals surface area contributed by atoms with Gasteiger partial charge in [-0.25, -0.2) is 4.39 Å². The molecule has 0 bridgehead atoms. The highest BCUT2D eigenvalue weighted by atomic mass is 32.1. The zero-order chi connectivity index (χ0) is 14.4. The molecule has 0 fully saturated rings. The molecule has 3 N–H and O–H groups in total. The van der Waals surface area contributed by atoms with Gasteiger partial charge in [0.2, 0.25) is 0 Å². The third kappa shape index (κ3) is 1.96. The zero-order valence-corrected chi connectivity index (χ0v) is 12.1. The van der Waals surface area contributed by atoms with Crippen molar-refractivity contribution in [3.63, 3.8) is 0 Å². The predicted octanol–water partition coefficient (Wildman–Crippen LogP) is 4.02. The average molecular weight is 299 g/mol. The minimum absolute atomic E-state index is 0.282. The van der Waals surface area contributed by atoms with Gasteiger partial charge in [0.05, 0.1) is 16.1 Å². The zero-order valence-electron chi connectivity index (χ0n) is 11.3. The number of aromatic amines is 1. The highest BCUT2D eigenvalue weighted by molar-refractivity contribution is 7.15. The molecule has 0 saturated heterocycles. The van der Waals surface area contributed by atoms with Gasteiger partial charge in [-0.15, -0.1) is 11.3 Å². The van der Waals surface area contributed by atoms with Crippen molar-refractivity contribution < 1.29 is 4.39 Å². The second-order valence-corrected chi connectivity index (χ2v) is 6.39. The van der Waals surface area contributed by atoms with Crippen LogP contribution in [-0.2, 0) is 12.8 Å². The molecule has 0 atom stereocenters. The summed E-state index contributed by atoms with van der Waals surface area (Å²) in [5.41, 5.74) is 9.34. The Bertz CT molecular complexity index is 797. The maximum atomic E-state index is 14.1. The van der Waals surface area contributed by atoms with Gasteiger partial charge in [-0.3, -0.25) is 5.10 Å². The fraction of sp³-hybridized carbons (Fsp3) is 0.188. The van der Waals surface area contributed by atoms with Crippen molar-refractivity contribution in [3.05, 3.63) is 46.6 Å². The standard InChI is InChI=1S/C16H14FN3S/c17-11-6-2-1-5-10(11)14-15(19-20-16(14)18)13-8-9-4-3-7-12(9)21-13/h1-2,5-6,8H,3-4,7H2,(H3,18,19,20). The molecule has 1 aromatic carbocycles. The van der Waals surface area contributed by atoms with Crippen LogP contribution in [0.5, 0.6) is 0 Å². The van der Waals surface area contributed by atoms with Crippen LogP contribution in [0.2, 0.25) is 0 Å². The van der Waals surface area contributed by atoms with E-state index in [1.54, 1.807) is 23.5 Å². The Morgan fingerprint density at radius 3 is 2.90 bits per heavy atom. The number of hydrogen-bond donors (Lipinski definition) is 2. The molecule has 1 aliphatic rings. The molecule has 3 nitrogen and oxygen atoms in total. The van der Waals surface area contributed by atoms with E-state index in [1.165, 1.54) is 22.9 Å². The topological polar surface area (TPSA) is 54.7 Å². The third-order valence-corrected chi connectivity index (χ3v) is 5.19. The van der Waals surface area contributed by atoms with E-state index in [2.05, 4.69) is 16.3 Å². The molecule has 2 heterocycles. The van der Waals surface area contributed by atoms with Crippen LogP contribution in [0.1, 0.15) is 16.9 Å². The van der Waals surface area contributed by atoms with Gasteiger partial charge in [0, 0.05) is 10.4 Å². The number of rotatable bonds is 2. The Kier molecular flexibility index (Phi) is 2.82. The molecule has 4 rings (SSSR count). The summed E-state index contributed by atoms with van der Waals surface area (Å²) >= 11 is 1.75. The Morgan fingerprint density at radius 1 is 1.24 bits per heavy atom. The lowest BCUT2D eigenvalue weighted by Crippen LogP contribution is -1.90. The van der Waals surface area contributed by atoms with Gasteiger partial charge in [0.15, 0.2) is 5.82 Å². The lowest BCUT2D eigenvalue weighted by atomic mass is 10.0. The first kappa shape index (κ1) is 12.6. The van der Waals surface area contributed by atoms with Crippen LogP contribution in [0.4, 0.5) is 10.2 Å². The number of nitrogen functional groups attached to an aromatic ring is 1. The number of nitrogens with zero attached hydrogens (tertiary/aromatic N) is 1. The highest BCUT2D eigenvalue weighted by Gasteiger charge is 2.22. The Labute approximate surface area is 125 Å². The number of nitrogens with two attached hydrogens (primary N) is 1. The second-order valence-electron chi connectivity index (χ2n) is 5.25. The predicted molar refractivity (Wildman–Crippen MR) is 83.7 cm³/mol. The van der Waals surface area contributed by atoms with E-state index < -0.39 is 0 Å². The first-order valence-electron chi connectivity index (χ1n) is 6.94. The van der Waals surface area contributed by atoms with E-state index in [0.717, 1.165) is 23.4 Å². The van der Waals surface area contributed by atoms with Crippen LogP contribution >= 0.6 is 11.3 Å². The van der Waals surface area contributed by atoms with E-state index in [0.29, 0.717) is 16.9 Å². The lowest BCUT2D eigenvalue weighted by Gasteiger charge is -2.04. The van der Waals surface area contributed by atoms with Crippen molar-refractivity contribution >= 4 is 17.2 Å². The van der Waals surface area contributed by atoms with Crippen LogP contribution in [-0.4, -0.2) is 10.2 Å². The monoisotopic (exact) mass is 299 g/mol. The SMILES string of the molecule is Nc1n[nH]c(-c2cc3c(s2)CCC3)c1-c1ccccc1F. The number of fused-ring (bicyclic) bond motifs is 1. The minimum Gasteiger partial charge on any atom is -0.382 e. The molecule has 0 amide bonds. The summed E-state index contributed by atoms with van der Waals surface area (Å²) in [7, 11) is 0. The second kappa shape index (κ2) is 4.70. The molecule has 5 heteroatoms. The van der Waals surface area contributed by atoms with Gasteiger partial charge in [0.1, 0.15) is 5.82 Å². The summed E-state index contributed by atoms with van der Waals surface area (Å²) in [5, 5.41) is 7.06. The number of H-pyrrole nitrogens is 1. The van der Waals surface area contributed by atoms with Gasteiger partial charge >= 0.3 is 0 Å². The molecule has 1 aliphatic carbocycles. The Morgan fingerprint density at radius 2 is 2.10 bits per heavy atom. The van der Waals surface area contributed by atoms with Crippen LogP contribution in [0.3, 0.4) is 0 Å². The molecular formula is C16H14FN3S. The van der Waals surface area contributed by atoms with E-state index in [4.69, 9.17) is 5.73 Å². The number of aryl methyl sites for hydroxylation is 2. The summed E-state index contributed by atoms with van der Waals surface area (Å²) in [6.07, 6.45) is 3.50. The largest absolute Gasteiger partial charge is 0.382 e. The number of aromatic nitrogens is 2. The fourth-order valence-electron chi connectivity index (χ4n) is 2.92. The quantitative estimate of drug-likeness (QED) is 0.751.